The summed E-state index contributed by atoms with van der Waals surface area (Å²) in [4.78, 5) is 20.3. The van der Waals surface area contributed by atoms with Crippen LogP contribution in [-0.4, -0.2) is 11.1 Å². The van der Waals surface area contributed by atoms with Gasteiger partial charge < -0.3 is 4.74 Å². The summed E-state index contributed by atoms with van der Waals surface area (Å²) >= 11 is 7.42. The molecule has 4 nitrogen and oxygen atoms in total. The van der Waals surface area contributed by atoms with Gasteiger partial charge in [0.05, 0.1) is 21.3 Å². The summed E-state index contributed by atoms with van der Waals surface area (Å²) in [6, 6.07) is 30.8. The minimum atomic E-state index is -0.417. The Labute approximate surface area is 217 Å². The highest BCUT2D eigenvalue weighted by Crippen LogP contribution is 2.37. The maximum atomic E-state index is 14.1. The number of para-hydroxylation sites is 2. The second-order valence-corrected chi connectivity index (χ2v) is 9.29. The molecule has 0 aliphatic carbocycles. The van der Waals surface area contributed by atoms with Crippen molar-refractivity contribution in [2.45, 2.75) is 6.61 Å². The molecule has 1 aliphatic rings. The predicted molar refractivity (Wildman–Crippen MR) is 145 cm³/mol. The Morgan fingerprint density at radius 3 is 2.39 bits per heavy atom. The highest BCUT2D eigenvalue weighted by Gasteiger charge is 2.34. The van der Waals surface area contributed by atoms with Gasteiger partial charge in [0.1, 0.15) is 18.2 Å². The minimum absolute atomic E-state index is 0.00508. The van der Waals surface area contributed by atoms with Gasteiger partial charge in [0.25, 0.3) is 5.91 Å². The van der Waals surface area contributed by atoms with Gasteiger partial charge in [-0.1, -0.05) is 66.2 Å². The van der Waals surface area contributed by atoms with Gasteiger partial charge in [0.2, 0.25) is 0 Å². The van der Waals surface area contributed by atoms with Crippen molar-refractivity contribution in [3.8, 4) is 5.75 Å². The first-order chi connectivity index (χ1) is 17.6. The summed E-state index contributed by atoms with van der Waals surface area (Å²) in [5.74, 6) is -0.0393. The van der Waals surface area contributed by atoms with Crippen molar-refractivity contribution >= 4 is 51.9 Å². The molecule has 4 aromatic carbocycles. The topological polar surface area (TPSA) is 41.9 Å². The molecule has 0 spiro atoms. The van der Waals surface area contributed by atoms with Gasteiger partial charge in [-0.05, 0) is 71.9 Å². The van der Waals surface area contributed by atoms with E-state index in [-0.39, 0.29) is 12.5 Å². The Morgan fingerprint density at radius 1 is 0.917 bits per heavy atom. The lowest BCUT2D eigenvalue weighted by molar-refractivity contribution is -0.113. The summed E-state index contributed by atoms with van der Waals surface area (Å²) in [6.07, 6.45) is 1.80. The van der Waals surface area contributed by atoms with E-state index in [9.17, 15) is 9.18 Å². The van der Waals surface area contributed by atoms with Crippen LogP contribution in [-0.2, 0) is 11.4 Å². The maximum Gasteiger partial charge on any atom is 0.271 e. The van der Waals surface area contributed by atoms with Crippen LogP contribution in [0, 0.1) is 5.82 Å². The number of halogens is 2. The molecule has 1 saturated heterocycles. The first-order valence-corrected chi connectivity index (χ1v) is 12.4. The number of benzene rings is 4. The lowest BCUT2D eigenvalue weighted by Crippen LogP contribution is -2.28. The van der Waals surface area contributed by atoms with Crippen molar-refractivity contribution in [1.29, 1.82) is 0 Å². The second-order valence-electron chi connectivity index (χ2n) is 7.88. The van der Waals surface area contributed by atoms with Crippen molar-refractivity contribution in [2.24, 2.45) is 4.99 Å². The molecule has 0 aromatic heterocycles. The van der Waals surface area contributed by atoms with Gasteiger partial charge >= 0.3 is 0 Å². The maximum absolute atomic E-state index is 14.1. The number of aliphatic imine (C=N–C) groups is 1. The van der Waals surface area contributed by atoms with Crippen LogP contribution >= 0.6 is 23.4 Å². The predicted octanol–water partition coefficient (Wildman–Crippen LogP) is 7.87. The number of ether oxygens (including phenoxy) is 1. The van der Waals surface area contributed by atoms with Crippen molar-refractivity contribution in [3.05, 3.63) is 130 Å². The van der Waals surface area contributed by atoms with Crippen LogP contribution in [0.5, 0.6) is 5.75 Å². The third-order valence-electron chi connectivity index (χ3n) is 5.40. The van der Waals surface area contributed by atoms with E-state index in [1.165, 1.54) is 17.8 Å². The van der Waals surface area contributed by atoms with E-state index in [1.807, 2.05) is 72.8 Å². The third kappa shape index (κ3) is 5.35. The average Bonchev–Trinajstić information content (AvgIpc) is 3.19. The lowest BCUT2D eigenvalue weighted by Gasteiger charge is -2.15. The fourth-order valence-corrected chi connectivity index (χ4v) is 4.86. The first-order valence-electron chi connectivity index (χ1n) is 11.2. The Hall–Kier alpha value is -3.87. The summed E-state index contributed by atoms with van der Waals surface area (Å²) < 4.78 is 19.9. The van der Waals surface area contributed by atoms with E-state index in [4.69, 9.17) is 21.3 Å². The molecule has 0 radical (unpaired) electrons. The fraction of sp³-hybridized carbons (Fsp3) is 0.0345. The van der Waals surface area contributed by atoms with E-state index in [0.717, 1.165) is 16.9 Å². The van der Waals surface area contributed by atoms with Gasteiger partial charge in [-0.25, -0.2) is 9.38 Å². The SMILES string of the molecule is O=C1/C(=C/c2cccc(OCc3c(F)cccc3Cl)c2)SC(=Nc2ccccc2)N1c1ccccc1. The van der Waals surface area contributed by atoms with Crippen molar-refractivity contribution < 1.29 is 13.9 Å². The third-order valence-corrected chi connectivity index (χ3v) is 6.73. The van der Waals surface area contributed by atoms with E-state index in [0.29, 0.717) is 26.4 Å². The van der Waals surface area contributed by atoms with Crippen molar-refractivity contribution in [3.63, 3.8) is 0 Å². The summed E-state index contributed by atoms with van der Waals surface area (Å²) in [5, 5.41) is 0.887. The number of nitrogens with zero attached hydrogens (tertiary/aromatic N) is 2. The Kier molecular flexibility index (Phi) is 7.16. The van der Waals surface area contributed by atoms with E-state index < -0.39 is 5.82 Å². The van der Waals surface area contributed by atoms with Crippen LogP contribution in [0.25, 0.3) is 6.08 Å². The first kappa shape index (κ1) is 23.9. The molecule has 178 valence electrons. The number of carbonyl (C=O) groups excluding carboxylic acids is 1. The van der Waals surface area contributed by atoms with Gasteiger partial charge in [-0.3, -0.25) is 9.69 Å². The van der Waals surface area contributed by atoms with Gasteiger partial charge in [0, 0.05) is 5.56 Å². The molecule has 4 aromatic rings. The highest BCUT2D eigenvalue weighted by molar-refractivity contribution is 8.19. The average molecular weight is 515 g/mol. The fourth-order valence-electron chi connectivity index (χ4n) is 3.64. The molecule has 0 bridgehead atoms. The number of carbonyl (C=O) groups is 1. The van der Waals surface area contributed by atoms with Crippen LogP contribution in [0.1, 0.15) is 11.1 Å². The molecule has 0 N–H and O–H groups in total. The Balaban J connectivity index is 1.42. The Bertz CT molecular complexity index is 1440. The zero-order valence-corrected chi connectivity index (χ0v) is 20.5. The van der Waals surface area contributed by atoms with E-state index >= 15 is 0 Å². The smallest absolute Gasteiger partial charge is 0.271 e. The second kappa shape index (κ2) is 10.8. The number of anilines is 1. The highest BCUT2D eigenvalue weighted by atomic mass is 35.5. The van der Waals surface area contributed by atoms with Crippen molar-refractivity contribution in [1.82, 2.24) is 0 Å². The zero-order chi connectivity index (χ0) is 24.9. The molecular weight excluding hydrogens is 495 g/mol. The van der Waals surface area contributed by atoms with E-state index in [2.05, 4.69) is 0 Å². The standard InChI is InChI=1S/C29H20ClFN2O2S/c30-25-15-8-16-26(31)24(25)19-35-23-14-7-9-20(17-23)18-27-28(34)33(22-12-5-2-6-13-22)29(36-27)32-21-10-3-1-4-11-21/h1-18H,19H2/b27-18-,32-29?. The Morgan fingerprint density at radius 2 is 1.64 bits per heavy atom. The van der Waals surface area contributed by atoms with Crippen LogP contribution in [0.15, 0.2) is 113 Å². The number of amides is 1. The number of hydrogen-bond acceptors (Lipinski definition) is 4. The molecule has 36 heavy (non-hydrogen) atoms. The van der Waals surface area contributed by atoms with Gasteiger partial charge in [-0.15, -0.1) is 0 Å². The molecule has 0 saturated carbocycles. The zero-order valence-electron chi connectivity index (χ0n) is 19.0. The molecule has 7 heteroatoms. The van der Waals surface area contributed by atoms with E-state index in [1.54, 1.807) is 35.2 Å². The molecule has 1 aliphatic heterocycles. The molecule has 1 fully saturated rings. The number of thioether (sulfide) groups is 1. The van der Waals surface area contributed by atoms with Gasteiger partial charge in [0.15, 0.2) is 5.17 Å². The normalized spacial score (nSPS) is 15.6. The van der Waals surface area contributed by atoms with Gasteiger partial charge in [-0.2, -0.15) is 0 Å². The van der Waals surface area contributed by atoms with Crippen molar-refractivity contribution in [2.75, 3.05) is 4.90 Å². The number of amidine groups is 1. The summed E-state index contributed by atoms with van der Waals surface area (Å²) in [6.45, 7) is -0.00508. The largest absolute Gasteiger partial charge is 0.489 e. The monoisotopic (exact) mass is 514 g/mol. The summed E-state index contributed by atoms with van der Waals surface area (Å²) in [5.41, 5.74) is 2.57. The molecule has 1 heterocycles. The minimum Gasteiger partial charge on any atom is -0.489 e. The van der Waals surface area contributed by atoms with Crippen LogP contribution in [0.3, 0.4) is 0 Å². The number of rotatable bonds is 6. The molecule has 0 atom stereocenters. The molecular formula is C29H20ClFN2O2S. The van der Waals surface area contributed by atoms with Crippen LogP contribution in [0.2, 0.25) is 5.02 Å². The quantitative estimate of drug-likeness (QED) is 0.246. The molecule has 1 amide bonds. The van der Waals surface area contributed by atoms with Crippen LogP contribution < -0.4 is 9.64 Å². The summed E-state index contributed by atoms with van der Waals surface area (Å²) in [7, 11) is 0. The molecule has 5 rings (SSSR count). The lowest BCUT2D eigenvalue weighted by atomic mass is 10.2. The number of hydrogen-bond donors (Lipinski definition) is 0. The molecule has 0 unspecified atom stereocenters. The van der Waals surface area contributed by atoms with Crippen LogP contribution in [0.4, 0.5) is 15.8 Å².